The average molecular weight is 312 g/mol. The third-order valence-corrected chi connectivity index (χ3v) is 3.44. The fraction of sp³-hybridized carbons (Fsp3) is 0. The predicted octanol–water partition coefficient (Wildman–Crippen LogP) is 3.75. The number of benzene rings is 1. The molecule has 2 aromatic rings. The molecule has 5 heteroatoms. The summed E-state index contributed by atoms with van der Waals surface area (Å²) in [6.45, 7) is 0. The van der Waals surface area contributed by atoms with Crippen LogP contribution >= 0.6 is 27.5 Å². The van der Waals surface area contributed by atoms with E-state index in [0.717, 1.165) is 4.47 Å². The summed E-state index contributed by atoms with van der Waals surface area (Å²) in [6, 6.07) is 8.64. The first-order chi connectivity index (χ1) is 8.18. The van der Waals surface area contributed by atoms with Crippen molar-refractivity contribution < 1.29 is 4.79 Å². The van der Waals surface area contributed by atoms with Gasteiger partial charge in [0.2, 0.25) is 0 Å². The Kier molecular flexibility index (Phi) is 3.76. The van der Waals surface area contributed by atoms with Gasteiger partial charge in [-0.1, -0.05) is 17.7 Å². The summed E-state index contributed by atoms with van der Waals surface area (Å²) < 4.78 is 0.742. The minimum atomic E-state index is -0.215. The van der Waals surface area contributed by atoms with Crippen molar-refractivity contribution >= 4 is 39.1 Å². The molecule has 0 bridgehead atoms. The van der Waals surface area contributed by atoms with Gasteiger partial charge in [0.25, 0.3) is 5.91 Å². The van der Waals surface area contributed by atoms with Gasteiger partial charge >= 0.3 is 0 Å². The molecule has 0 saturated heterocycles. The molecule has 0 aliphatic carbocycles. The zero-order valence-electron chi connectivity index (χ0n) is 8.65. The number of pyridine rings is 1. The summed E-state index contributed by atoms with van der Waals surface area (Å²) in [5.74, 6) is -0.215. The average Bonchev–Trinajstić information content (AvgIpc) is 2.36. The van der Waals surface area contributed by atoms with E-state index in [2.05, 4.69) is 26.2 Å². The van der Waals surface area contributed by atoms with E-state index in [1.807, 2.05) is 6.07 Å². The number of nitrogens with zero attached hydrogens (tertiary/aromatic N) is 1. The van der Waals surface area contributed by atoms with Gasteiger partial charge in [-0.05, 0) is 40.2 Å². The number of carbonyl (C=O) groups excluding carboxylic acids is 1. The molecule has 86 valence electrons. The van der Waals surface area contributed by atoms with Crippen molar-refractivity contribution in [2.75, 3.05) is 5.32 Å². The first-order valence-electron chi connectivity index (χ1n) is 4.84. The maximum Gasteiger partial charge on any atom is 0.255 e. The van der Waals surface area contributed by atoms with Gasteiger partial charge in [0.15, 0.2) is 0 Å². The zero-order chi connectivity index (χ0) is 12.3. The van der Waals surface area contributed by atoms with Gasteiger partial charge in [-0.2, -0.15) is 0 Å². The quantitative estimate of drug-likeness (QED) is 0.918. The molecule has 3 nitrogen and oxygen atoms in total. The van der Waals surface area contributed by atoms with Crippen molar-refractivity contribution in [3.63, 3.8) is 0 Å². The molecule has 1 amide bonds. The Morgan fingerprint density at radius 1 is 1.24 bits per heavy atom. The molecule has 2 rings (SSSR count). The van der Waals surface area contributed by atoms with Crippen LogP contribution in [0, 0.1) is 0 Å². The van der Waals surface area contributed by atoms with E-state index in [1.165, 1.54) is 0 Å². The van der Waals surface area contributed by atoms with Crippen LogP contribution in [0.1, 0.15) is 10.4 Å². The lowest BCUT2D eigenvalue weighted by molar-refractivity contribution is 0.102. The van der Waals surface area contributed by atoms with Crippen LogP contribution < -0.4 is 5.32 Å². The molecule has 0 radical (unpaired) electrons. The standard InChI is InChI=1S/C12H8BrClN2O/c13-9-2-1-3-10(11(9)14)16-12(17)8-4-6-15-7-5-8/h1-7H,(H,16,17). The van der Waals surface area contributed by atoms with E-state index in [4.69, 9.17) is 11.6 Å². The molecular formula is C12H8BrClN2O. The van der Waals surface area contributed by atoms with Crippen LogP contribution in [0.5, 0.6) is 0 Å². The van der Waals surface area contributed by atoms with Gasteiger partial charge in [0, 0.05) is 22.4 Å². The normalized spacial score (nSPS) is 10.0. The maximum absolute atomic E-state index is 11.9. The highest BCUT2D eigenvalue weighted by Crippen LogP contribution is 2.30. The second-order valence-corrected chi connectivity index (χ2v) is 4.52. The first-order valence-corrected chi connectivity index (χ1v) is 6.01. The number of amides is 1. The first kappa shape index (κ1) is 12.1. The van der Waals surface area contributed by atoms with Crippen LogP contribution in [-0.2, 0) is 0 Å². The number of halogens is 2. The highest BCUT2D eigenvalue weighted by molar-refractivity contribution is 9.10. The molecular weight excluding hydrogens is 304 g/mol. The van der Waals surface area contributed by atoms with Gasteiger partial charge < -0.3 is 5.32 Å². The largest absolute Gasteiger partial charge is 0.321 e. The lowest BCUT2D eigenvalue weighted by Crippen LogP contribution is -2.12. The van der Waals surface area contributed by atoms with Gasteiger partial charge in [-0.25, -0.2) is 0 Å². The second-order valence-electron chi connectivity index (χ2n) is 3.29. The molecule has 1 heterocycles. The number of carbonyl (C=O) groups is 1. The molecule has 0 fully saturated rings. The highest BCUT2D eigenvalue weighted by atomic mass is 79.9. The second kappa shape index (κ2) is 5.29. The van der Waals surface area contributed by atoms with Crippen LogP contribution in [0.4, 0.5) is 5.69 Å². The third-order valence-electron chi connectivity index (χ3n) is 2.14. The molecule has 1 N–H and O–H groups in total. The maximum atomic E-state index is 11.9. The molecule has 0 aliphatic heterocycles. The summed E-state index contributed by atoms with van der Waals surface area (Å²) in [4.78, 5) is 15.7. The third kappa shape index (κ3) is 2.84. The molecule has 1 aromatic carbocycles. The Morgan fingerprint density at radius 3 is 2.65 bits per heavy atom. The van der Waals surface area contributed by atoms with Gasteiger partial charge in [0.1, 0.15) is 0 Å². The minimum Gasteiger partial charge on any atom is -0.321 e. The number of aromatic nitrogens is 1. The van der Waals surface area contributed by atoms with Crippen LogP contribution in [0.3, 0.4) is 0 Å². The molecule has 17 heavy (non-hydrogen) atoms. The number of anilines is 1. The Bertz CT molecular complexity index is 545. The summed E-state index contributed by atoms with van der Waals surface area (Å²) in [5, 5.41) is 3.22. The summed E-state index contributed by atoms with van der Waals surface area (Å²) in [7, 11) is 0. The van der Waals surface area contributed by atoms with Crippen molar-refractivity contribution in [1.82, 2.24) is 4.98 Å². The topological polar surface area (TPSA) is 42.0 Å². The molecule has 0 aliphatic rings. The van der Waals surface area contributed by atoms with E-state index in [9.17, 15) is 4.79 Å². The number of hydrogen-bond acceptors (Lipinski definition) is 2. The van der Waals surface area contributed by atoms with Gasteiger partial charge in [-0.15, -0.1) is 0 Å². The van der Waals surface area contributed by atoms with Crippen LogP contribution in [0.25, 0.3) is 0 Å². The number of nitrogens with one attached hydrogen (secondary N) is 1. The highest BCUT2D eigenvalue weighted by Gasteiger charge is 2.09. The van der Waals surface area contributed by atoms with Gasteiger partial charge in [0.05, 0.1) is 10.7 Å². The fourth-order valence-corrected chi connectivity index (χ4v) is 1.84. The lowest BCUT2D eigenvalue weighted by Gasteiger charge is -2.07. The van der Waals surface area contributed by atoms with Crippen LogP contribution in [0.15, 0.2) is 47.2 Å². The zero-order valence-corrected chi connectivity index (χ0v) is 11.0. The Balaban J connectivity index is 2.22. The Hall–Kier alpha value is -1.39. The molecule has 0 spiro atoms. The van der Waals surface area contributed by atoms with E-state index < -0.39 is 0 Å². The van der Waals surface area contributed by atoms with Crippen LogP contribution in [-0.4, -0.2) is 10.9 Å². The smallest absolute Gasteiger partial charge is 0.255 e. The summed E-state index contributed by atoms with van der Waals surface area (Å²) in [5.41, 5.74) is 1.11. The molecule has 0 unspecified atom stereocenters. The molecule has 1 aromatic heterocycles. The van der Waals surface area contributed by atoms with E-state index in [-0.39, 0.29) is 5.91 Å². The summed E-state index contributed by atoms with van der Waals surface area (Å²) >= 11 is 9.35. The SMILES string of the molecule is O=C(Nc1cccc(Br)c1Cl)c1ccncc1. The Morgan fingerprint density at radius 2 is 1.94 bits per heavy atom. The van der Waals surface area contributed by atoms with Crippen molar-refractivity contribution in [1.29, 1.82) is 0 Å². The minimum absolute atomic E-state index is 0.215. The van der Waals surface area contributed by atoms with Crippen molar-refractivity contribution in [2.45, 2.75) is 0 Å². The number of rotatable bonds is 2. The van der Waals surface area contributed by atoms with Crippen molar-refractivity contribution in [3.8, 4) is 0 Å². The molecule has 0 atom stereocenters. The monoisotopic (exact) mass is 310 g/mol. The fourth-order valence-electron chi connectivity index (χ4n) is 1.30. The number of hydrogen-bond donors (Lipinski definition) is 1. The Labute approximate surface area is 112 Å². The predicted molar refractivity (Wildman–Crippen MR) is 71.3 cm³/mol. The van der Waals surface area contributed by atoms with Crippen molar-refractivity contribution in [2.24, 2.45) is 0 Å². The van der Waals surface area contributed by atoms with E-state index in [1.54, 1.807) is 36.7 Å². The van der Waals surface area contributed by atoms with Crippen molar-refractivity contribution in [3.05, 3.63) is 57.8 Å². The summed E-state index contributed by atoms with van der Waals surface area (Å²) in [6.07, 6.45) is 3.13. The van der Waals surface area contributed by atoms with Crippen LogP contribution in [0.2, 0.25) is 5.02 Å². The van der Waals surface area contributed by atoms with E-state index >= 15 is 0 Å². The lowest BCUT2D eigenvalue weighted by atomic mass is 10.2. The van der Waals surface area contributed by atoms with Gasteiger partial charge in [-0.3, -0.25) is 9.78 Å². The van der Waals surface area contributed by atoms with E-state index in [0.29, 0.717) is 16.3 Å². The molecule has 0 saturated carbocycles.